The second kappa shape index (κ2) is 10.8. The van der Waals surface area contributed by atoms with Gasteiger partial charge in [0.15, 0.2) is 0 Å². The van der Waals surface area contributed by atoms with Crippen molar-refractivity contribution in [3.63, 3.8) is 0 Å². The fraction of sp³-hybridized carbons (Fsp3) is 0.348. The van der Waals surface area contributed by atoms with E-state index in [-0.39, 0.29) is 29.6 Å². The summed E-state index contributed by atoms with van der Waals surface area (Å²) in [4.78, 5) is 37.0. The molecule has 1 atom stereocenters. The lowest BCUT2D eigenvalue weighted by molar-refractivity contribution is -0.124. The summed E-state index contributed by atoms with van der Waals surface area (Å²) in [6.07, 6.45) is 0. The van der Waals surface area contributed by atoms with Crippen LogP contribution in [-0.2, 0) is 16.1 Å². The molecule has 0 heterocycles. The Balaban J connectivity index is 1.96. The van der Waals surface area contributed by atoms with Crippen LogP contribution in [0.4, 0.5) is 5.69 Å². The monoisotopic (exact) mass is 429 g/mol. The molecule has 3 N–H and O–H groups in total. The van der Waals surface area contributed by atoms with Gasteiger partial charge in [0.25, 0.3) is 5.91 Å². The smallest absolute Gasteiger partial charge is 0.253 e. The molecular weight excluding hydrogens is 402 g/mol. The minimum absolute atomic E-state index is 0.0508. The second-order valence-corrected chi connectivity index (χ2v) is 8.14. The van der Waals surface area contributed by atoms with Crippen molar-refractivity contribution in [2.24, 2.45) is 11.8 Å². The van der Waals surface area contributed by atoms with Crippen LogP contribution in [0.3, 0.4) is 0 Å². The largest absolute Gasteiger partial charge is 0.350 e. The highest BCUT2D eigenvalue weighted by atomic mass is 35.5. The van der Waals surface area contributed by atoms with Crippen molar-refractivity contribution in [3.05, 3.63) is 64.7 Å². The summed E-state index contributed by atoms with van der Waals surface area (Å²) in [7, 11) is 0. The first-order valence-electron chi connectivity index (χ1n) is 9.92. The zero-order valence-corrected chi connectivity index (χ0v) is 18.4. The van der Waals surface area contributed by atoms with Crippen LogP contribution < -0.4 is 16.0 Å². The van der Waals surface area contributed by atoms with Crippen molar-refractivity contribution in [2.45, 2.75) is 40.3 Å². The lowest BCUT2D eigenvalue weighted by Gasteiger charge is -2.22. The standard InChI is InChI=1S/C23H28ClN3O3/c1-14(2)20(27-22(29)18-7-5-6-8-19(18)24)23(30)25-13-16-9-11-17(12-10-16)26-21(28)15(3)4/h5-12,14-15,20H,13H2,1-4H3,(H,25,30)(H,26,28)(H,27,29). The van der Waals surface area contributed by atoms with Crippen molar-refractivity contribution in [1.82, 2.24) is 10.6 Å². The van der Waals surface area contributed by atoms with Crippen LogP contribution in [0.15, 0.2) is 48.5 Å². The van der Waals surface area contributed by atoms with E-state index >= 15 is 0 Å². The number of nitrogens with one attached hydrogen (secondary N) is 3. The Labute approximate surface area is 182 Å². The number of rotatable bonds is 8. The highest BCUT2D eigenvalue weighted by Crippen LogP contribution is 2.16. The number of amides is 3. The van der Waals surface area contributed by atoms with E-state index in [1.807, 2.05) is 39.8 Å². The van der Waals surface area contributed by atoms with Gasteiger partial charge < -0.3 is 16.0 Å². The maximum absolute atomic E-state index is 12.7. The fourth-order valence-electron chi connectivity index (χ4n) is 2.69. The van der Waals surface area contributed by atoms with Crippen molar-refractivity contribution in [2.75, 3.05) is 5.32 Å². The third-order valence-corrected chi connectivity index (χ3v) is 4.90. The van der Waals surface area contributed by atoms with E-state index in [0.29, 0.717) is 22.8 Å². The third-order valence-electron chi connectivity index (χ3n) is 4.57. The molecular formula is C23H28ClN3O3. The molecule has 0 bridgehead atoms. The second-order valence-electron chi connectivity index (χ2n) is 7.73. The Kier molecular flexibility index (Phi) is 8.42. The summed E-state index contributed by atoms with van der Waals surface area (Å²) in [6, 6.07) is 13.3. The summed E-state index contributed by atoms with van der Waals surface area (Å²) in [5, 5.41) is 8.78. The minimum atomic E-state index is -0.696. The number of hydrogen-bond acceptors (Lipinski definition) is 3. The predicted octanol–water partition coefficient (Wildman–Crippen LogP) is 4.01. The van der Waals surface area contributed by atoms with E-state index in [0.717, 1.165) is 5.56 Å². The van der Waals surface area contributed by atoms with Gasteiger partial charge in [-0.2, -0.15) is 0 Å². The molecule has 2 aromatic carbocycles. The van der Waals surface area contributed by atoms with Crippen LogP contribution in [-0.4, -0.2) is 23.8 Å². The third kappa shape index (κ3) is 6.59. The number of benzene rings is 2. The predicted molar refractivity (Wildman–Crippen MR) is 119 cm³/mol. The molecule has 0 aromatic heterocycles. The molecule has 0 aliphatic carbocycles. The Morgan fingerprint density at radius 3 is 2.10 bits per heavy atom. The van der Waals surface area contributed by atoms with Gasteiger partial charge in [-0.3, -0.25) is 14.4 Å². The Morgan fingerprint density at radius 1 is 0.900 bits per heavy atom. The summed E-state index contributed by atoms with van der Waals surface area (Å²) in [5.74, 6) is -0.921. The van der Waals surface area contributed by atoms with Crippen molar-refractivity contribution >= 4 is 35.0 Å². The van der Waals surface area contributed by atoms with Gasteiger partial charge in [-0.15, -0.1) is 0 Å². The van der Waals surface area contributed by atoms with Gasteiger partial charge in [-0.1, -0.05) is 63.6 Å². The molecule has 0 aliphatic heterocycles. The molecule has 30 heavy (non-hydrogen) atoms. The topological polar surface area (TPSA) is 87.3 Å². The van der Waals surface area contributed by atoms with E-state index in [4.69, 9.17) is 11.6 Å². The maximum atomic E-state index is 12.7. The first-order valence-corrected chi connectivity index (χ1v) is 10.3. The Bertz CT molecular complexity index is 895. The number of anilines is 1. The van der Waals surface area contributed by atoms with Gasteiger partial charge in [0, 0.05) is 18.2 Å². The molecule has 7 heteroatoms. The van der Waals surface area contributed by atoms with E-state index in [2.05, 4.69) is 16.0 Å². The van der Waals surface area contributed by atoms with Gasteiger partial charge in [0.05, 0.1) is 10.6 Å². The number of carbonyl (C=O) groups is 3. The molecule has 6 nitrogen and oxygen atoms in total. The van der Waals surface area contributed by atoms with Crippen molar-refractivity contribution in [3.8, 4) is 0 Å². The van der Waals surface area contributed by atoms with Gasteiger partial charge >= 0.3 is 0 Å². The van der Waals surface area contributed by atoms with Gasteiger partial charge in [-0.25, -0.2) is 0 Å². The number of halogens is 1. The molecule has 0 saturated heterocycles. The molecule has 0 saturated carbocycles. The van der Waals surface area contributed by atoms with Crippen molar-refractivity contribution < 1.29 is 14.4 Å². The van der Waals surface area contributed by atoms with Crippen LogP contribution in [0.2, 0.25) is 5.02 Å². The van der Waals surface area contributed by atoms with Crippen LogP contribution >= 0.6 is 11.6 Å². The van der Waals surface area contributed by atoms with Crippen LogP contribution in [0.5, 0.6) is 0 Å². The summed E-state index contributed by atoms with van der Waals surface area (Å²) < 4.78 is 0. The van der Waals surface area contributed by atoms with Crippen LogP contribution in [0.25, 0.3) is 0 Å². The molecule has 2 rings (SSSR count). The summed E-state index contributed by atoms with van der Waals surface area (Å²) in [5.41, 5.74) is 1.92. The molecule has 2 aromatic rings. The minimum Gasteiger partial charge on any atom is -0.350 e. The average molecular weight is 430 g/mol. The van der Waals surface area contributed by atoms with E-state index in [9.17, 15) is 14.4 Å². The molecule has 1 unspecified atom stereocenters. The van der Waals surface area contributed by atoms with E-state index < -0.39 is 6.04 Å². The van der Waals surface area contributed by atoms with Gasteiger partial charge in [-0.05, 0) is 35.7 Å². The lowest BCUT2D eigenvalue weighted by Crippen LogP contribution is -2.49. The van der Waals surface area contributed by atoms with Crippen LogP contribution in [0, 0.1) is 11.8 Å². The zero-order chi connectivity index (χ0) is 22.3. The first kappa shape index (κ1) is 23.4. The quantitative estimate of drug-likeness (QED) is 0.592. The highest BCUT2D eigenvalue weighted by molar-refractivity contribution is 6.33. The van der Waals surface area contributed by atoms with E-state index in [1.54, 1.807) is 36.4 Å². The average Bonchev–Trinajstić information content (AvgIpc) is 2.71. The maximum Gasteiger partial charge on any atom is 0.253 e. The Morgan fingerprint density at radius 2 is 1.53 bits per heavy atom. The van der Waals surface area contributed by atoms with Crippen LogP contribution in [0.1, 0.15) is 43.6 Å². The zero-order valence-electron chi connectivity index (χ0n) is 17.7. The molecule has 0 fully saturated rings. The van der Waals surface area contributed by atoms with Gasteiger partial charge in [0.2, 0.25) is 11.8 Å². The SMILES string of the molecule is CC(C)C(=O)Nc1ccc(CNC(=O)C(NC(=O)c2ccccc2Cl)C(C)C)cc1. The molecule has 0 aliphatic rings. The van der Waals surface area contributed by atoms with E-state index in [1.165, 1.54) is 0 Å². The number of hydrogen-bond donors (Lipinski definition) is 3. The normalized spacial score (nSPS) is 11.8. The summed E-state index contributed by atoms with van der Waals surface area (Å²) in [6.45, 7) is 7.69. The van der Waals surface area contributed by atoms with Gasteiger partial charge in [0.1, 0.15) is 6.04 Å². The molecule has 160 valence electrons. The van der Waals surface area contributed by atoms with Crippen molar-refractivity contribution in [1.29, 1.82) is 0 Å². The highest BCUT2D eigenvalue weighted by Gasteiger charge is 2.25. The Hall–Kier alpha value is -2.86. The molecule has 0 radical (unpaired) electrons. The summed E-state index contributed by atoms with van der Waals surface area (Å²) >= 11 is 6.08. The lowest BCUT2D eigenvalue weighted by atomic mass is 10.0. The molecule has 0 spiro atoms. The fourth-order valence-corrected chi connectivity index (χ4v) is 2.91. The number of carbonyl (C=O) groups excluding carboxylic acids is 3. The first-order chi connectivity index (χ1) is 14.2. The molecule has 3 amide bonds.